The van der Waals surface area contributed by atoms with Crippen LogP contribution in [-0.4, -0.2) is 63.0 Å². The van der Waals surface area contributed by atoms with Gasteiger partial charge in [0.25, 0.3) is 0 Å². The second-order valence-electron chi connectivity index (χ2n) is 6.53. The summed E-state index contributed by atoms with van der Waals surface area (Å²) in [6.07, 6.45) is 8.02. The van der Waals surface area contributed by atoms with E-state index in [1.165, 1.54) is 37.1 Å². The molecule has 0 aliphatic heterocycles. The summed E-state index contributed by atoms with van der Waals surface area (Å²) in [5, 5.41) is 0. The quantitative estimate of drug-likeness (QED) is 0.771. The highest BCUT2D eigenvalue weighted by molar-refractivity contribution is 5.47. The standard InChI is InChI=1S/C16H29N3/c1-17(2)14-11-13(12-9-7-8-10-12)15(18(3)4)16(14)19(5)6/h11-12,14H,7-10H2,1-6H3. The fourth-order valence-corrected chi connectivity index (χ4v) is 3.54. The minimum Gasteiger partial charge on any atom is -0.378 e. The zero-order chi connectivity index (χ0) is 14.2. The van der Waals surface area contributed by atoms with Crippen molar-refractivity contribution in [2.24, 2.45) is 5.92 Å². The molecule has 2 aliphatic carbocycles. The van der Waals surface area contributed by atoms with E-state index in [9.17, 15) is 0 Å². The molecule has 2 rings (SSSR count). The number of hydrogen-bond acceptors (Lipinski definition) is 3. The third-order valence-corrected chi connectivity index (χ3v) is 4.41. The van der Waals surface area contributed by atoms with Gasteiger partial charge in [-0.15, -0.1) is 0 Å². The van der Waals surface area contributed by atoms with Crippen molar-refractivity contribution >= 4 is 0 Å². The molecule has 2 aliphatic rings. The van der Waals surface area contributed by atoms with Crippen LogP contribution in [0.2, 0.25) is 0 Å². The molecule has 0 aromatic carbocycles. The van der Waals surface area contributed by atoms with Crippen LogP contribution < -0.4 is 0 Å². The van der Waals surface area contributed by atoms with E-state index in [0.717, 1.165) is 5.92 Å². The molecule has 0 aromatic heterocycles. The van der Waals surface area contributed by atoms with Crippen molar-refractivity contribution in [3.8, 4) is 0 Å². The average Bonchev–Trinajstić information content (AvgIpc) is 2.95. The van der Waals surface area contributed by atoms with Crippen molar-refractivity contribution in [2.45, 2.75) is 31.7 Å². The maximum absolute atomic E-state index is 2.50. The SMILES string of the molecule is CN(C)C1=C(N(C)C)C(N(C)C)C=C1C1CCCC1. The van der Waals surface area contributed by atoms with Crippen LogP contribution in [-0.2, 0) is 0 Å². The van der Waals surface area contributed by atoms with Crippen LogP contribution in [0.4, 0.5) is 0 Å². The van der Waals surface area contributed by atoms with Gasteiger partial charge >= 0.3 is 0 Å². The molecule has 0 bridgehead atoms. The topological polar surface area (TPSA) is 9.72 Å². The van der Waals surface area contributed by atoms with E-state index < -0.39 is 0 Å². The monoisotopic (exact) mass is 263 g/mol. The van der Waals surface area contributed by atoms with E-state index in [0.29, 0.717) is 6.04 Å². The lowest BCUT2D eigenvalue weighted by atomic mass is 9.96. The van der Waals surface area contributed by atoms with Gasteiger partial charge in [-0.2, -0.15) is 0 Å². The number of likely N-dealkylation sites (N-methyl/N-ethyl adjacent to an activating group) is 3. The molecule has 0 heterocycles. The fraction of sp³-hybridized carbons (Fsp3) is 0.750. The Kier molecular flexibility index (Phi) is 4.24. The number of rotatable bonds is 4. The minimum atomic E-state index is 0.419. The lowest BCUT2D eigenvalue weighted by molar-refractivity contribution is 0.318. The molecule has 0 radical (unpaired) electrons. The van der Waals surface area contributed by atoms with Crippen molar-refractivity contribution < 1.29 is 0 Å². The zero-order valence-corrected chi connectivity index (χ0v) is 13.4. The highest BCUT2D eigenvalue weighted by atomic mass is 15.2. The Hall–Kier alpha value is -0.960. The highest BCUT2D eigenvalue weighted by Gasteiger charge is 2.34. The van der Waals surface area contributed by atoms with E-state index >= 15 is 0 Å². The smallest absolute Gasteiger partial charge is 0.0705 e. The van der Waals surface area contributed by atoms with Crippen molar-refractivity contribution in [1.29, 1.82) is 0 Å². The first-order valence-electron chi connectivity index (χ1n) is 7.40. The van der Waals surface area contributed by atoms with Gasteiger partial charge in [0.1, 0.15) is 0 Å². The summed E-state index contributed by atoms with van der Waals surface area (Å²) >= 11 is 0. The third-order valence-electron chi connectivity index (χ3n) is 4.41. The second kappa shape index (κ2) is 5.58. The Morgan fingerprint density at radius 1 is 0.895 bits per heavy atom. The van der Waals surface area contributed by atoms with E-state index in [1.54, 1.807) is 5.57 Å². The molecular formula is C16H29N3. The normalized spacial score (nSPS) is 24.4. The maximum atomic E-state index is 2.50. The summed E-state index contributed by atoms with van der Waals surface area (Å²) in [6.45, 7) is 0. The van der Waals surface area contributed by atoms with Crippen molar-refractivity contribution in [3.05, 3.63) is 23.0 Å². The molecule has 1 fully saturated rings. The lowest BCUT2D eigenvalue weighted by Gasteiger charge is -2.30. The molecule has 1 unspecified atom stereocenters. The maximum Gasteiger partial charge on any atom is 0.0705 e. The van der Waals surface area contributed by atoms with E-state index in [-0.39, 0.29) is 0 Å². The van der Waals surface area contributed by atoms with Gasteiger partial charge < -0.3 is 9.80 Å². The third kappa shape index (κ3) is 2.66. The van der Waals surface area contributed by atoms with Gasteiger partial charge in [-0.3, -0.25) is 4.90 Å². The van der Waals surface area contributed by atoms with Crippen LogP contribution in [0.25, 0.3) is 0 Å². The summed E-state index contributed by atoms with van der Waals surface area (Å²) in [6, 6.07) is 0.419. The number of hydrogen-bond donors (Lipinski definition) is 0. The van der Waals surface area contributed by atoms with E-state index in [2.05, 4.69) is 63.1 Å². The molecule has 108 valence electrons. The first kappa shape index (κ1) is 14.4. The number of allylic oxidation sites excluding steroid dienone is 1. The van der Waals surface area contributed by atoms with E-state index in [1.807, 2.05) is 0 Å². The predicted octanol–water partition coefficient (Wildman–Crippen LogP) is 2.38. The van der Waals surface area contributed by atoms with Crippen LogP contribution in [0.3, 0.4) is 0 Å². The average molecular weight is 263 g/mol. The summed E-state index contributed by atoms with van der Waals surface area (Å²) in [7, 11) is 13.0. The molecule has 1 saturated carbocycles. The molecule has 0 amide bonds. The largest absolute Gasteiger partial charge is 0.378 e. The van der Waals surface area contributed by atoms with E-state index in [4.69, 9.17) is 0 Å². The molecule has 3 nitrogen and oxygen atoms in total. The summed E-state index contributed by atoms with van der Waals surface area (Å²) in [4.78, 5) is 6.92. The Morgan fingerprint density at radius 3 is 1.89 bits per heavy atom. The first-order valence-corrected chi connectivity index (χ1v) is 7.40. The second-order valence-corrected chi connectivity index (χ2v) is 6.53. The Morgan fingerprint density at radius 2 is 1.47 bits per heavy atom. The fourth-order valence-electron chi connectivity index (χ4n) is 3.54. The molecule has 1 atom stereocenters. The molecule has 19 heavy (non-hydrogen) atoms. The van der Waals surface area contributed by atoms with Crippen LogP contribution in [0.1, 0.15) is 25.7 Å². The molecule has 0 aromatic rings. The van der Waals surface area contributed by atoms with Gasteiger partial charge in [0, 0.05) is 28.2 Å². The summed E-state index contributed by atoms with van der Waals surface area (Å²) in [5.41, 5.74) is 4.48. The van der Waals surface area contributed by atoms with Gasteiger partial charge in [-0.1, -0.05) is 18.9 Å². The van der Waals surface area contributed by atoms with Gasteiger partial charge in [0.15, 0.2) is 0 Å². The van der Waals surface area contributed by atoms with Crippen molar-refractivity contribution in [2.75, 3.05) is 42.3 Å². The van der Waals surface area contributed by atoms with Crippen molar-refractivity contribution in [3.63, 3.8) is 0 Å². The summed E-state index contributed by atoms with van der Waals surface area (Å²) < 4.78 is 0. The highest BCUT2D eigenvalue weighted by Crippen LogP contribution is 2.41. The molecule has 0 spiro atoms. The zero-order valence-electron chi connectivity index (χ0n) is 13.4. The van der Waals surface area contributed by atoms with Gasteiger partial charge in [0.2, 0.25) is 0 Å². The van der Waals surface area contributed by atoms with Gasteiger partial charge in [-0.25, -0.2) is 0 Å². The van der Waals surface area contributed by atoms with Crippen LogP contribution in [0.15, 0.2) is 23.0 Å². The molecule has 0 N–H and O–H groups in total. The molecule has 3 heteroatoms. The Labute approximate surface area is 118 Å². The van der Waals surface area contributed by atoms with Crippen LogP contribution in [0, 0.1) is 5.92 Å². The van der Waals surface area contributed by atoms with Crippen LogP contribution >= 0.6 is 0 Å². The van der Waals surface area contributed by atoms with Crippen LogP contribution in [0.5, 0.6) is 0 Å². The Bertz CT molecular complexity index is 385. The summed E-state index contributed by atoms with van der Waals surface area (Å²) in [5.74, 6) is 0.775. The first-order chi connectivity index (χ1) is 8.93. The Balaban J connectivity index is 2.42. The predicted molar refractivity (Wildman–Crippen MR) is 81.9 cm³/mol. The molecule has 0 saturated heterocycles. The van der Waals surface area contributed by atoms with Gasteiger partial charge in [0.05, 0.1) is 17.4 Å². The number of nitrogens with zero attached hydrogens (tertiary/aromatic N) is 3. The van der Waals surface area contributed by atoms with Gasteiger partial charge in [-0.05, 0) is 38.4 Å². The minimum absolute atomic E-state index is 0.419. The molecular weight excluding hydrogens is 234 g/mol. The lowest BCUT2D eigenvalue weighted by Crippen LogP contribution is -2.34. The van der Waals surface area contributed by atoms with Crippen molar-refractivity contribution in [1.82, 2.24) is 14.7 Å².